The highest BCUT2D eigenvalue weighted by atomic mass is 35.5. The van der Waals surface area contributed by atoms with Gasteiger partial charge in [-0.15, -0.1) is 0 Å². The van der Waals surface area contributed by atoms with Gasteiger partial charge in [0, 0.05) is 18.7 Å². The minimum absolute atomic E-state index is 0.00852. The third kappa shape index (κ3) is 3.96. The van der Waals surface area contributed by atoms with Crippen LogP contribution < -0.4 is 5.32 Å². The van der Waals surface area contributed by atoms with Crippen LogP contribution in [0.3, 0.4) is 0 Å². The highest BCUT2D eigenvalue weighted by Gasteiger charge is 2.36. The van der Waals surface area contributed by atoms with Crippen molar-refractivity contribution in [3.8, 4) is 0 Å². The first-order chi connectivity index (χ1) is 9.16. The van der Waals surface area contributed by atoms with Crippen LogP contribution in [0.2, 0.25) is 5.15 Å². The Labute approximate surface area is 119 Å². The Morgan fingerprint density at radius 1 is 1.40 bits per heavy atom. The van der Waals surface area contributed by atoms with Gasteiger partial charge in [0.25, 0.3) is 0 Å². The summed E-state index contributed by atoms with van der Waals surface area (Å²) in [6.07, 6.45) is -3.24. The lowest BCUT2D eigenvalue weighted by molar-refractivity contribution is -0.144. The lowest BCUT2D eigenvalue weighted by atomic mass is 9.94. The second-order valence-corrected chi connectivity index (χ2v) is 5.73. The molecule has 20 heavy (non-hydrogen) atoms. The van der Waals surface area contributed by atoms with E-state index in [1.165, 1.54) is 6.07 Å². The molecule has 0 aliphatic carbocycles. The third-order valence-electron chi connectivity index (χ3n) is 3.00. The average molecular weight is 310 g/mol. The van der Waals surface area contributed by atoms with Crippen LogP contribution in [0.1, 0.15) is 32.5 Å². The van der Waals surface area contributed by atoms with E-state index in [1.807, 2.05) is 13.8 Å². The fraction of sp³-hybridized carbons (Fsp3) is 0.667. The van der Waals surface area contributed by atoms with E-state index in [1.54, 1.807) is 0 Å². The second-order valence-electron chi connectivity index (χ2n) is 5.34. The van der Waals surface area contributed by atoms with Crippen LogP contribution in [0.5, 0.6) is 0 Å². The summed E-state index contributed by atoms with van der Waals surface area (Å²) in [6, 6.07) is 1.28. The van der Waals surface area contributed by atoms with Crippen molar-refractivity contribution >= 4 is 17.4 Å². The molecule has 8 heteroatoms. The van der Waals surface area contributed by atoms with Crippen molar-refractivity contribution in [3.63, 3.8) is 0 Å². The van der Waals surface area contributed by atoms with Gasteiger partial charge in [-0.05, 0) is 26.7 Å². The molecule has 4 nitrogen and oxygen atoms in total. The predicted octanol–water partition coefficient (Wildman–Crippen LogP) is 3.52. The minimum Gasteiger partial charge on any atom is -0.375 e. The SMILES string of the molecule is CC1(C)CC(Nc2cc(Cl)nc(C(F)(F)F)n2)CCO1. The smallest absolute Gasteiger partial charge is 0.375 e. The number of alkyl halides is 3. The summed E-state index contributed by atoms with van der Waals surface area (Å²) in [6.45, 7) is 4.43. The fourth-order valence-corrected chi connectivity index (χ4v) is 2.37. The van der Waals surface area contributed by atoms with E-state index in [4.69, 9.17) is 16.3 Å². The van der Waals surface area contributed by atoms with Gasteiger partial charge in [-0.25, -0.2) is 9.97 Å². The van der Waals surface area contributed by atoms with E-state index in [9.17, 15) is 13.2 Å². The molecule has 1 aliphatic heterocycles. The van der Waals surface area contributed by atoms with Gasteiger partial charge in [0.1, 0.15) is 11.0 Å². The van der Waals surface area contributed by atoms with Gasteiger partial charge in [0.15, 0.2) is 0 Å². The molecule has 0 bridgehead atoms. The van der Waals surface area contributed by atoms with Crippen LogP contribution in [0.25, 0.3) is 0 Å². The lowest BCUT2D eigenvalue weighted by Crippen LogP contribution is -2.40. The van der Waals surface area contributed by atoms with Gasteiger partial charge >= 0.3 is 6.18 Å². The summed E-state index contributed by atoms with van der Waals surface area (Å²) >= 11 is 5.61. The molecule has 1 unspecified atom stereocenters. The Balaban J connectivity index is 2.15. The van der Waals surface area contributed by atoms with E-state index < -0.39 is 12.0 Å². The Morgan fingerprint density at radius 3 is 2.70 bits per heavy atom. The molecule has 1 aromatic heterocycles. The summed E-state index contributed by atoms with van der Waals surface area (Å²) in [7, 11) is 0. The first-order valence-electron chi connectivity index (χ1n) is 6.18. The quantitative estimate of drug-likeness (QED) is 0.849. The topological polar surface area (TPSA) is 47.0 Å². The predicted molar refractivity (Wildman–Crippen MR) is 68.7 cm³/mol. The molecule has 1 fully saturated rings. The summed E-state index contributed by atoms with van der Waals surface area (Å²) in [5.41, 5.74) is -0.306. The van der Waals surface area contributed by atoms with Crippen LogP contribution in [0.4, 0.5) is 19.0 Å². The van der Waals surface area contributed by atoms with Gasteiger partial charge in [-0.2, -0.15) is 13.2 Å². The monoisotopic (exact) mass is 309 g/mol. The maximum atomic E-state index is 12.6. The van der Waals surface area contributed by atoms with Crippen LogP contribution in [0.15, 0.2) is 6.07 Å². The highest BCUT2D eigenvalue weighted by Crippen LogP contribution is 2.30. The Kier molecular flexibility index (Phi) is 4.11. The van der Waals surface area contributed by atoms with Crippen molar-refractivity contribution in [1.82, 2.24) is 9.97 Å². The first-order valence-corrected chi connectivity index (χ1v) is 6.56. The Bertz CT molecular complexity index is 493. The molecule has 0 spiro atoms. The number of nitrogens with one attached hydrogen (secondary N) is 1. The fourth-order valence-electron chi connectivity index (χ4n) is 2.18. The van der Waals surface area contributed by atoms with Crippen molar-refractivity contribution in [3.05, 3.63) is 17.0 Å². The van der Waals surface area contributed by atoms with Crippen LogP contribution >= 0.6 is 11.6 Å². The van der Waals surface area contributed by atoms with Crippen molar-refractivity contribution < 1.29 is 17.9 Å². The van der Waals surface area contributed by atoms with Crippen molar-refractivity contribution in [2.45, 2.75) is 44.5 Å². The zero-order valence-corrected chi connectivity index (χ0v) is 11.8. The van der Waals surface area contributed by atoms with Crippen LogP contribution in [0, 0.1) is 0 Å². The zero-order chi connectivity index (χ0) is 15.0. The van der Waals surface area contributed by atoms with Crippen molar-refractivity contribution in [2.24, 2.45) is 0 Å². The van der Waals surface area contributed by atoms with E-state index in [0.717, 1.165) is 0 Å². The molecule has 1 aromatic rings. The van der Waals surface area contributed by atoms with Crippen LogP contribution in [-0.2, 0) is 10.9 Å². The van der Waals surface area contributed by atoms with Crippen molar-refractivity contribution in [1.29, 1.82) is 0 Å². The molecule has 1 saturated heterocycles. The van der Waals surface area contributed by atoms with Gasteiger partial charge in [0.05, 0.1) is 5.60 Å². The first kappa shape index (κ1) is 15.3. The van der Waals surface area contributed by atoms with Crippen LogP contribution in [-0.4, -0.2) is 28.2 Å². The maximum Gasteiger partial charge on any atom is 0.451 e. The Morgan fingerprint density at radius 2 is 2.10 bits per heavy atom. The largest absolute Gasteiger partial charge is 0.451 e. The summed E-state index contributed by atoms with van der Waals surface area (Å²) in [5.74, 6) is -1.15. The lowest BCUT2D eigenvalue weighted by Gasteiger charge is -2.36. The van der Waals surface area contributed by atoms with Gasteiger partial charge in [-0.3, -0.25) is 0 Å². The standard InChI is InChI=1S/C12H15ClF3N3O/c1-11(2)6-7(3-4-20-11)17-9-5-8(13)18-10(19-9)12(14,15)16/h5,7H,3-4,6H2,1-2H3,(H,17,18,19). The molecule has 1 aliphatic rings. The molecular weight excluding hydrogens is 295 g/mol. The Hall–Kier alpha value is -1.08. The number of halogens is 4. The van der Waals surface area contributed by atoms with Gasteiger partial charge in [0.2, 0.25) is 5.82 Å². The normalized spacial score (nSPS) is 22.6. The number of ether oxygens (including phenoxy) is 1. The summed E-state index contributed by atoms with van der Waals surface area (Å²) in [5, 5.41) is 2.74. The summed E-state index contributed by atoms with van der Waals surface area (Å²) in [4.78, 5) is 6.67. The molecule has 2 rings (SSSR count). The molecule has 0 aromatic carbocycles. The number of nitrogens with zero attached hydrogens (tertiary/aromatic N) is 2. The number of rotatable bonds is 2. The number of hydrogen-bond acceptors (Lipinski definition) is 4. The number of anilines is 1. The molecule has 0 amide bonds. The molecule has 0 radical (unpaired) electrons. The maximum absolute atomic E-state index is 12.6. The molecule has 1 N–H and O–H groups in total. The summed E-state index contributed by atoms with van der Waals surface area (Å²) < 4.78 is 43.4. The molecule has 112 valence electrons. The van der Waals surface area contributed by atoms with E-state index in [-0.39, 0.29) is 22.6 Å². The van der Waals surface area contributed by atoms with Gasteiger partial charge < -0.3 is 10.1 Å². The third-order valence-corrected chi connectivity index (χ3v) is 3.19. The van der Waals surface area contributed by atoms with E-state index in [0.29, 0.717) is 19.4 Å². The zero-order valence-electron chi connectivity index (χ0n) is 11.1. The highest BCUT2D eigenvalue weighted by molar-refractivity contribution is 6.29. The number of hydrogen-bond donors (Lipinski definition) is 1. The van der Waals surface area contributed by atoms with E-state index in [2.05, 4.69) is 15.3 Å². The van der Waals surface area contributed by atoms with Crippen molar-refractivity contribution in [2.75, 3.05) is 11.9 Å². The minimum atomic E-state index is -4.61. The van der Waals surface area contributed by atoms with Gasteiger partial charge in [-0.1, -0.05) is 11.6 Å². The number of aromatic nitrogens is 2. The molecule has 1 atom stereocenters. The van der Waals surface area contributed by atoms with E-state index >= 15 is 0 Å². The second kappa shape index (κ2) is 5.37. The molecular formula is C12H15ClF3N3O. The molecule has 0 saturated carbocycles. The average Bonchev–Trinajstić information content (AvgIpc) is 2.25. The molecule has 2 heterocycles.